The minimum absolute atomic E-state index is 0.139. The van der Waals surface area contributed by atoms with Gasteiger partial charge in [0.1, 0.15) is 5.75 Å². The summed E-state index contributed by atoms with van der Waals surface area (Å²) in [6.45, 7) is 9.22. The molecular weight excluding hydrogens is 641 g/mol. The molecule has 0 saturated heterocycles. The third-order valence-corrected chi connectivity index (χ3v) is 12.1. The van der Waals surface area contributed by atoms with Crippen molar-refractivity contribution in [1.82, 2.24) is 0 Å². The molecule has 1 saturated carbocycles. The van der Waals surface area contributed by atoms with E-state index in [0.29, 0.717) is 17.8 Å². The summed E-state index contributed by atoms with van der Waals surface area (Å²) in [7, 11) is 0. The van der Waals surface area contributed by atoms with Gasteiger partial charge in [0, 0.05) is 33.4 Å². The second kappa shape index (κ2) is 16.1. The van der Waals surface area contributed by atoms with Crippen LogP contribution in [0.25, 0.3) is 6.08 Å². The average Bonchev–Trinajstić information content (AvgIpc) is 3.15. The van der Waals surface area contributed by atoms with E-state index in [1.165, 1.54) is 34.7 Å². The van der Waals surface area contributed by atoms with E-state index in [9.17, 15) is 0 Å². The first-order valence-electron chi connectivity index (χ1n) is 18.7. The zero-order valence-corrected chi connectivity index (χ0v) is 31.1. The molecule has 7 rings (SSSR count). The number of hydrogen-bond donors (Lipinski definition) is 0. The molecule has 3 nitrogen and oxygen atoms in total. The minimum atomic E-state index is 0.139. The van der Waals surface area contributed by atoms with Crippen molar-refractivity contribution in [1.29, 1.82) is 0 Å². The smallest absolute Gasteiger partial charge is 0.126 e. The van der Waals surface area contributed by atoms with Crippen LogP contribution in [0, 0.1) is 17.8 Å². The van der Waals surface area contributed by atoms with E-state index >= 15 is 0 Å². The lowest BCUT2D eigenvalue weighted by atomic mass is 9.63. The highest BCUT2D eigenvalue weighted by atomic mass is 32.2. The number of benzene rings is 5. The van der Waals surface area contributed by atoms with Crippen LogP contribution in [0.15, 0.2) is 157 Å². The summed E-state index contributed by atoms with van der Waals surface area (Å²) >= 11 is 1.90. The van der Waals surface area contributed by atoms with Gasteiger partial charge in [-0.15, -0.1) is 0 Å². The molecule has 0 aromatic heterocycles. The van der Waals surface area contributed by atoms with E-state index in [1.54, 1.807) is 0 Å². The fraction of sp³-hybridized carbons (Fsp3) is 0.277. The molecule has 1 heterocycles. The Kier molecular flexibility index (Phi) is 11.0. The first kappa shape index (κ1) is 34.8. The number of anilines is 4. The molecule has 260 valence electrons. The van der Waals surface area contributed by atoms with Crippen LogP contribution in [0.2, 0.25) is 0 Å². The number of fused-ring (bicyclic) bond motifs is 2. The molecule has 0 N–H and O–H groups in total. The first-order valence-corrected chi connectivity index (χ1v) is 19.5. The third-order valence-electron chi connectivity index (χ3n) is 10.8. The van der Waals surface area contributed by atoms with Crippen LogP contribution in [-0.4, -0.2) is 12.1 Å². The lowest BCUT2D eigenvalue weighted by Crippen LogP contribution is -2.48. The average molecular weight is 691 g/mol. The normalized spacial score (nSPS) is 22.5. The highest BCUT2D eigenvalue weighted by Gasteiger charge is 2.44. The Bertz CT molecular complexity index is 1890. The predicted molar refractivity (Wildman–Crippen MR) is 218 cm³/mol. The number of rotatable bonds is 10. The molecular formula is C47H50N2OS. The van der Waals surface area contributed by atoms with Gasteiger partial charge in [-0.05, 0) is 116 Å². The van der Waals surface area contributed by atoms with Crippen LogP contribution in [0.5, 0.6) is 5.75 Å². The Hall–Kier alpha value is -4.67. The van der Waals surface area contributed by atoms with E-state index in [4.69, 9.17) is 4.74 Å². The van der Waals surface area contributed by atoms with Gasteiger partial charge in [-0.25, -0.2) is 0 Å². The predicted octanol–water partition coefficient (Wildman–Crippen LogP) is 13.3. The Morgan fingerprint density at radius 2 is 1.33 bits per heavy atom. The minimum Gasteiger partial charge on any atom is -0.490 e. The molecule has 5 aromatic carbocycles. The van der Waals surface area contributed by atoms with Gasteiger partial charge in [-0.2, -0.15) is 0 Å². The molecule has 51 heavy (non-hydrogen) atoms. The zero-order chi connectivity index (χ0) is 35.2. The Morgan fingerprint density at radius 3 is 1.96 bits per heavy atom. The van der Waals surface area contributed by atoms with Gasteiger partial charge >= 0.3 is 0 Å². The largest absolute Gasteiger partial charge is 0.490 e. The van der Waals surface area contributed by atoms with Gasteiger partial charge in [-0.3, -0.25) is 0 Å². The second-order valence-corrected chi connectivity index (χ2v) is 15.1. The fourth-order valence-corrected chi connectivity index (χ4v) is 9.17. The highest BCUT2D eigenvalue weighted by Crippen LogP contribution is 2.50. The van der Waals surface area contributed by atoms with Crippen molar-refractivity contribution >= 4 is 40.8 Å². The van der Waals surface area contributed by atoms with Crippen molar-refractivity contribution in [3.8, 4) is 5.75 Å². The Morgan fingerprint density at radius 1 is 0.725 bits per heavy atom. The maximum atomic E-state index is 6.61. The van der Waals surface area contributed by atoms with Crippen molar-refractivity contribution in [2.75, 3.05) is 9.21 Å². The van der Waals surface area contributed by atoms with Gasteiger partial charge in [-0.1, -0.05) is 124 Å². The maximum absolute atomic E-state index is 6.61. The summed E-state index contributed by atoms with van der Waals surface area (Å²) in [5.41, 5.74) is 7.19. The van der Waals surface area contributed by atoms with Gasteiger partial charge in [0.2, 0.25) is 0 Å². The fourth-order valence-electron chi connectivity index (χ4n) is 7.86. The molecule has 3 unspecified atom stereocenters. The molecule has 1 aliphatic carbocycles. The summed E-state index contributed by atoms with van der Waals surface area (Å²) in [6.07, 6.45) is 13.1. The summed E-state index contributed by atoms with van der Waals surface area (Å²) in [5.74, 6) is 2.69. The Labute approximate surface area is 309 Å². The van der Waals surface area contributed by atoms with E-state index in [-0.39, 0.29) is 18.1 Å². The van der Waals surface area contributed by atoms with Crippen LogP contribution in [0.3, 0.4) is 0 Å². The number of ether oxygens (including phenoxy) is 1. The molecule has 5 aromatic rings. The van der Waals surface area contributed by atoms with E-state index in [0.717, 1.165) is 29.1 Å². The van der Waals surface area contributed by atoms with Crippen molar-refractivity contribution in [2.45, 2.75) is 69.9 Å². The molecule has 4 heteroatoms. The van der Waals surface area contributed by atoms with Gasteiger partial charge in [0.15, 0.2) is 0 Å². The number of nitrogens with zero attached hydrogens (tertiary/aromatic N) is 2. The molecule has 0 bridgehead atoms. The number of hydrogen-bond acceptors (Lipinski definition) is 4. The summed E-state index contributed by atoms with van der Waals surface area (Å²) < 4.78 is 9.23. The van der Waals surface area contributed by atoms with Crippen molar-refractivity contribution in [3.05, 3.63) is 163 Å². The molecule has 0 radical (unpaired) electrons. The maximum Gasteiger partial charge on any atom is 0.126 e. The number of para-hydroxylation sites is 4. The summed E-state index contributed by atoms with van der Waals surface area (Å²) in [6, 6.07) is 48.2. The van der Waals surface area contributed by atoms with Crippen LogP contribution in [0.4, 0.5) is 22.7 Å². The van der Waals surface area contributed by atoms with Crippen molar-refractivity contribution in [2.24, 2.45) is 17.8 Å². The molecule has 6 atom stereocenters. The quantitative estimate of drug-likeness (QED) is 0.107. The van der Waals surface area contributed by atoms with E-state index < -0.39 is 0 Å². The third kappa shape index (κ3) is 7.53. The lowest BCUT2D eigenvalue weighted by molar-refractivity contribution is 0.0328. The zero-order valence-electron chi connectivity index (χ0n) is 30.3. The molecule has 1 aliphatic heterocycles. The molecule has 1 fully saturated rings. The molecule has 2 aliphatic rings. The Balaban J connectivity index is 1.39. The summed E-state index contributed by atoms with van der Waals surface area (Å²) in [4.78, 5) is 3.70. The van der Waals surface area contributed by atoms with Gasteiger partial charge in [0.05, 0.1) is 17.8 Å². The monoisotopic (exact) mass is 690 g/mol. The SMILES string of the molecule is CC/C=C\C(C)c1c(SN(c2ccccc2)C2/C=C/c3ccccc3O[C@@H](C)[C@H](C)[C@H]3CCC23)cccc1N(c1ccccc1)c1ccccc1. The van der Waals surface area contributed by atoms with Gasteiger partial charge in [0.25, 0.3) is 0 Å². The van der Waals surface area contributed by atoms with Crippen molar-refractivity contribution in [3.63, 3.8) is 0 Å². The van der Waals surface area contributed by atoms with Crippen LogP contribution in [0.1, 0.15) is 64.0 Å². The summed E-state index contributed by atoms with van der Waals surface area (Å²) in [5, 5.41) is 0. The topological polar surface area (TPSA) is 15.7 Å². The van der Waals surface area contributed by atoms with E-state index in [1.807, 2.05) is 11.9 Å². The van der Waals surface area contributed by atoms with Crippen LogP contribution < -0.4 is 13.9 Å². The standard InChI is InChI=1S/C47H50N2OS/c1-5-6-19-34(2)47-44(48(38-21-10-7-11-22-38)39-23-12-8-13-24-39)27-18-29-46(47)51-49(40-25-14-9-15-26-40)43-33-30-37-20-16-17-28-45(37)50-36(4)35(3)41-31-32-42(41)43/h6-30,33-36,41-43H,5,31-32H2,1-4H3/b19-6-,33-30+/t34?,35-,36-,41+,42?,43?/m0/s1. The lowest BCUT2D eigenvalue weighted by Gasteiger charge is -2.49. The van der Waals surface area contributed by atoms with E-state index in [2.05, 4.69) is 195 Å². The highest BCUT2D eigenvalue weighted by molar-refractivity contribution is 8.00. The van der Waals surface area contributed by atoms with Crippen molar-refractivity contribution < 1.29 is 4.74 Å². The number of allylic oxidation sites excluding steroid dienone is 2. The first-order chi connectivity index (χ1) is 25.0. The van der Waals surface area contributed by atoms with Gasteiger partial charge < -0.3 is 13.9 Å². The second-order valence-electron chi connectivity index (χ2n) is 14.0. The van der Waals surface area contributed by atoms with Crippen LogP contribution in [-0.2, 0) is 0 Å². The molecule has 0 amide bonds. The molecule has 0 spiro atoms. The van der Waals surface area contributed by atoms with Crippen LogP contribution >= 0.6 is 11.9 Å².